The maximum atomic E-state index is 11.0. The average Bonchev–Trinajstić information content (AvgIpc) is 2.47. The Hall–Kier alpha value is -1.20. The van der Waals surface area contributed by atoms with Gasteiger partial charge in [0.25, 0.3) is 0 Å². The van der Waals surface area contributed by atoms with Crippen molar-refractivity contribution in [1.29, 1.82) is 5.26 Å². The number of carbonyl (C=O) groups is 1. The number of methoxy groups -OCH3 is 1. The first-order valence-electron chi connectivity index (χ1n) is 7.19. The molecule has 7 nitrogen and oxygen atoms in total. The molecule has 0 bridgehead atoms. The smallest absolute Gasteiger partial charge is 0.339 e. The highest BCUT2D eigenvalue weighted by molar-refractivity contribution is 5.79. The number of likely N-dealkylation sites (N-methyl/N-ethyl adjacent to an activating group) is 1. The van der Waals surface area contributed by atoms with Crippen LogP contribution in [0.25, 0.3) is 0 Å². The highest BCUT2D eigenvalue weighted by atomic mass is 16.5. The number of hydrogen-bond acceptors (Lipinski definition) is 7. The molecule has 0 aliphatic carbocycles. The lowest BCUT2D eigenvalue weighted by Gasteiger charge is -2.31. The van der Waals surface area contributed by atoms with Gasteiger partial charge in [-0.3, -0.25) is 0 Å². The van der Waals surface area contributed by atoms with Gasteiger partial charge in [-0.15, -0.1) is 0 Å². The SMILES string of the molecule is CN1CCCC(O)(C#N)C1.COC(=O)C1(O)CCCNC1. The highest BCUT2D eigenvalue weighted by Gasteiger charge is 2.38. The van der Waals surface area contributed by atoms with Gasteiger partial charge in [0.2, 0.25) is 0 Å². The number of nitrogens with zero attached hydrogens (tertiary/aromatic N) is 2. The zero-order chi connectivity index (χ0) is 15.9. The molecule has 0 aromatic carbocycles. The fourth-order valence-corrected chi connectivity index (χ4v) is 2.59. The third kappa shape index (κ3) is 5.25. The van der Waals surface area contributed by atoms with Crippen molar-refractivity contribution in [3.63, 3.8) is 0 Å². The quantitative estimate of drug-likeness (QED) is 0.432. The van der Waals surface area contributed by atoms with Crippen molar-refractivity contribution in [3.05, 3.63) is 0 Å². The van der Waals surface area contributed by atoms with Crippen molar-refractivity contribution in [3.8, 4) is 6.07 Å². The van der Waals surface area contributed by atoms with E-state index in [0.29, 0.717) is 25.9 Å². The molecule has 2 rings (SSSR count). The summed E-state index contributed by atoms with van der Waals surface area (Å²) in [5.41, 5.74) is -2.36. The van der Waals surface area contributed by atoms with Crippen LogP contribution in [0.5, 0.6) is 0 Å². The zero-order valence-electron chi connectivity index (χ0n) is 12.8. The first-order valence-corrected chi connectivity index (χ1v) is 7.19. The molecule has 2 heterocycles. The van der Waals surface area contributed by atoms with Crippen LogP contribution in [0, 0.1) is 11.3 Å². The van der Waals surface area contributed by atoms with E-state index in [2.05, 4.69) is 10.1 Å². The van der Waals surface area contributed by atoms with Crippen molar-refractivity contribution < 1.29 is 19.7 Å². The summed E-state index contributed by atoms with van der Waals surface area (Å²) in [5.74, 6) is -0.537. The normalized spacial score (nSPS) is 33.3. The Labute approximate surface area is 125 Å². The Morgan fingerprint density at radius 1 is 1.38 bits per heavy atom. The highest BCUT2D eigenvalue weighted by Crippen LogP contribution is 2.18. The maximum absolute atomic E-state index is 11.0. The molecule has 7 heteroatoms. The molecule has 120 valence electrons. The molecule has 2 fully saturated rings. The van der Waals surface area contributed by atoms with E-state index < -0.39 is 17.2 Å². The molecule has 2 aliphatic rings. The van der Waals surface area contributed by atoms with Crippen LogP contribution in [0.4, 0.5) is 0 Å². The van der Waals surface area contributed by atoms with Crippen molar-refractivity contribution >= 4 is 5.97 Å². The second kappa shape index (κ2) is 7.71. The number of aliphatic hydroxyl groups is 2. The minimum absolute atomic E-state index is 0.305. The number of hydrogen-bond donors (Lipinski definition) is 3. The third-order valence-electron chi connectivity index (χ3n) is 3.80. The molecular formula is C14H25N3O4. The van der Waals surface area contributed by atoms with Gasteiger partial charge < -0.3 is 25.2 Å². The molecule has 0 spiro atoms. The molecule has 2 saturated heterocycles. The molecule has 0 saturated carbocycles. The largest absolute Gasteiger partial charge is 0.467 e. The minimum atomic E-state index is -1.28. The summed E-state index contributed by atoms with van der Waals surface area (Å²) >= 11 is 0. The van der Waals surface area contributed by atoms with E-state index in [1.807, 2.05) is 18.0 Å². The molecule has 2 atom stereocenters. The van der Waals surface area contributed by atoms with Crippen LogP contribution in [-0.4, -0.2) is 72.6 Å². The predicted octanol–water partition coefficient (Wildman–Crippen LogP) is -0.759. The molecular weight excluding hydrogens is 274 g/mol. The minimum Gasteiger partial charge on any atom is -0.467 e. The first kappa shape index (κ1) is 17.9. The van der Waals surface area contributed by atoms with Gasteiger partial charge >= 0.3 is 5.97 Å². The van der Waals surface area contributed by atoms with Crippen molar-refractivity contribution in [1.82, 2.24) is 10.2 Å². The number of ether oxygens (including phenoxy) is 1. The summed E-state index contributed by atoms with van der Waals surface area (Å²) in [6.45, 7) is 2.65. The van der Waals surface area contributed by atoms with Crippen LogP contribution >= 0.6 is 0 Å². The van der Waals surface area contributed by atoms with Crippen LogP contribution in [0.2, 0.25) is 0 Å². The summed E-state index contributed by atoms with van der Waals surface area (Å²) < 4.78 is 4.46. The predicted molar refractivity (Wildman–Crippen MR) is 76.4 cm³/mol. The fraction of sp³-hybridized carbons (Fsp3) is 0.857. The van der Waals surface area contributed by atoms with Gasteiger partial charge in [-0.2, -0.15) is 5.26 Å². The number of nitriles is 1. The van der Waals surface area contributed by atoms with E-state index in [4.69, 9.17) is 5.26 Å². The van der Waals surface area contributed by atoms with E-state index in [-0.39, 0.29) is 0 Å². The molecule has 0 aromatic heterocycles. The monoisotopic (exact) mass is 299 g/mol. The van der Waals surface area contributed by atoms with E-state index in [1.54, 1.807) is 0 Å². The summed E-state index contributed by atoms with van der Waals surface area (Å²) in [7, 11) is 3.20. The van der Waals surface area contributed by atoms with Gasteiger partial charge in [0.15, 0.2) is 11.2 Å². The van der Waals surface area contributed by atoms with Crippen molar-refractivity contribution in [2.24, 2.45) is 0 Å². The van der Waals surface area contributed by atoms with Gasteiger partial charge in [0.05, 0.1) is 13.2 Å². The van der Waals surface area contributed by atoms with E-state index in [9.17, 15) is 15.0 Å². The van der Waals surface area contributed by atoms with Gasteiger partial charge in [-0.05, 0) is 45.8 Å². The molecule has 2 unspecified atom stereocenters. The van der Waals surface area contributed by atoms with E-state index in [0.717, 1.165) is 25.9 Å². The van der Waals surface area contributed by atoms with Crippen molar-refractivity contribution in [2.75, 3.05) is 40.3 Å². The van der Waals surface area contributed by atoms with Crippen LogP contribution in [0.15, 0.2) is 0 Å². The summed E-state index contributed by atoms with van der Waals surface area (Å²) in [6.07, 6.45) is 2.84. The standard InChI is InChI=1S/C7H12N2O.C7H13NO3/c1-9-4-2-3-7(10,5-8)6-9;1-11-6(9)7(10)3-2-4-8-5-7/h10H,2-4,6H2,1H3;8,10H,2-5H2,1H3. The second-order valence-corrected chi connectivity index (χ2v) is 5.79. The summed E-state index contributed by atoms with van der Waals surface area (Å²) in [5, 5.41) is 30.5. The second-order valence-electron chi connectivity index (χ2n) is 5.79. The van der Waals surface area contributed by atoms with Crippen LogP contribution in [0.3, 0.4) is 0 Å². The van der Waals surface area contributed by atoms with E-state index in [1.165, 1.54) is 7.11 Å². The molecule has 2 aliphatic heterocycles. The lowest BCUT2D eigenvalue weighted by Crippen LogP contribution is -2.51. The third-order valence-corrected chi connectivity index (χ3v) is 3.80. The summed E-state index contributed by atoms with van der Waals surface area (Å²) in [4.78, 5) is 13.0. The number of likely N-dealkylation sites (tertiary alicyclic amines) is 1. The summed E-state index contributed by atoms with van der Waals surface area (Å²) in [6, 6.07) is 1.92. The number of carbonyl (C=O) groups excluding carboxylic acids is 1. The lowest BCUT2D eigenvalue weighted by molar-refractivity contribution is -0.163. The Kier molecular flexibility index (Phi) is 6.55. The molecule has 0 radical (unpaired) electrons. The topological polar surface area (TPSA) is 106 Å². The number of nitrogens with one attached hydrogen (secondary N) is 1. The Morgan fingerprint density at radius 2 is 2.10 bits per heavy atom. The molecule has 0 aromatic rings. The number of piperidine rings is 2. The Bertz CT molecular complexity index is 390. The zero-order valence-corrected chi connectivity index (χ0v) is 12.8. The molecule has 21 heavy (non-hydrogen) atoms. The van der Waals surface area contributed by atoms with Crippen LogP contribution in [0.1, 0.15) is 25.7 Å². The molecule has 0 amide bonds. The maximum Gasteiger partial charge on any atom is 0.339 e. The fourth-order valence-electron chi connectivity index (χ4n) is 2.59. The van der Waals surface area contributed by atoms with Gasteiger partial charge in [-0.1, -0.05) is 0 Å². The van der Waals surface area contributed by atoms with Gasteiger partial charge in [0.1, 0.15) is 0 Å². The van der Waals surface area contributed by atoms with Gasteiger partial charge in [-0.25, -0.2) is 4.79 Å². The number of β-amino-alcohol motifs (C(OH)–C–C–N with tert-alkyl or cyclic N) is 2. The van der Waals surface area contributed by atoms with Gasteiger partial charge in [0, 0.05) is 13.1 Å². The average molecular weight is 299 g/mol. The lowest BCUT2D eigenvalue weighted by atomic mass is 9.94. The first-order chi connectivity index (χ1) is 9.85. The number of esters is 1. The number of rotatable bonds is 1. The van der Waals surface area contributed by atoms with Crippen molar-refractivity contribution in [2.45, 2.75) is 36.9 Å². The van der Waals surface area contributed by atoms with Crippen LogP contribution in [-0.2, 0) is 9.53 Å². The Balaban J connectivity index is 0.000000211. The van der Waals surface area contributed by atoms with Crippen LogP contribution < -0.4 is 5.32 Å². The van der Waals surface area contributed by atoms with E-state index >= 15 is 0 Å². The Morgan fingerprint density at radius 3 is 2.52 bits per heavy atom. The molecule has 3 N–H and O–H groups in total.